The van der Waals surface area contributed by atoms with Gasteiger partial charge in [0, 0.05) is 11.4 Å². The Hall–Kier alpha value is -0.810. The van der Waals surface area contributed by atoms with Gasteiger partial charge in [-0.2, -0.15) is 5.10 Å². The summed E-state index contributed by atoms with van der Waals surface area (Å²) >= 11 is 18.0. The van der Waals surface area contributed by atoms with Crippen LogP contribution in [0.2, 0.25) is 5.02 Å². The zero-order chi connectivity index (χ0) is 14.8. The number of aliphatic hydroxyl groups is 1. The Kier molecular flexibility index (Phi) is 4.59. The van der Waals surface area contributed by atoms with Crippen LogP contribution < -0.4 is 0 Å². The van der Waals surface area contributed by atoms with Crippen molar-refractivity contribution in [3.05, 3.63) is 47.5 Å². The number of halogens is 3. The van der Waals surface area contributed by atoms with Gasteiger partial charge in [0.25, 0.3) is 0 Å². The summed E-state index contributed by atoms with van der Waals surface area (Å²) in [6, 6.07) is 6.92. The SMILES string of the molecule is CC(Cl)(Cl)CC(O)(Cn1cncn1)c1ccc(Cl)cc1. The van der Waals surface area contributed by atoms with E-state index in [9.17, 15) is 5.11 Å². The molecule has 1 unspecified atom stereocenters. The van der Waals surface area contributed by atoms with Crippen molar-refractivity contribution in [2.75, 3.05) is 0 Å². The van der Waals surface area contributed by atoms with Gasteiger partial charge in [-0.3, -0.25) is 0 Å². The maximum Gasteiger partial charge on any atom is 0.137 e. The average Bonchev–Trinajstić information content (AvgIpc) is 2.79. The molecule has 108 valence electrons. The van der Waals surface area contributed by atoms with Gasteiger partial charge in [-0.15, -0.1) is 23.2 Å². The standard InChI is InChI=1S/C13H14Cl3N3O/c1-12(15,16)6-13(20,7-19-9-17-8-18-19)10-2-4-11(14)5-3-10/h2-5,8-9,20H,6-7H2,1H3. The predicted octanol–water partition coefficient (Wildman–Crippen LogP) is 3.40. The first-order chi connectivity index (χ1) is 9.28. The number of hydrogen-bond acceptors (Lipinski definition) is 3. The molecule has 1 heterocycles. The molecule has 0 aliphatic carbocycles. The molecule has 2 rings (SSSR count). The summed E-state index contributed by atoms with van der Waals surface area (Å²) in [7, 11) is 0. The van der Waals surface area contributed by atoms with Crippen molar-refractivity contribution in [1.29, 1.82) is 0 Å². The Morgan fingerprint density at radius 2 is 1.90 bits per heavy atom. The van der Waals surface area contributed by atoms with E-state index in [4.69, 9.17) is 34.8 Å². The molecule has 0 aliphatic rings. The molecule has 1 aromatic carbocycles. The number of rotatable bonds is 5. The third kappa shape index (κ3) is 4.09. The zero-order valence-electron chi connectivity index (χ0n) is 10.8. The molecule has 0 saturated heterocycles. The van der Waals surface area contributed by atoms with Crippen molar-refractivity contribution >= 4 is 34.8 Å². The maximum atomic E-state index is 11.0. The van der Waals surface area contributed by atoms with Crippen LogP contribution in [0.25, 0.3) is 0 Å². The fraction of sp³-hybridized carbons (Fsp3) is 0.385. The van der Waals surface area contributed by atoms with E-state index in [2.05, 4.69) is 10.1 Å². The summed E-state index contributed by atoms with van der Waals surface area (Å²) in [5, 5.41) is 15.6. The average molecular weight is 335 g/mol. The third-order valence-corrected chi connectivity index (χ3v) is 3.39. The summed E-state index contributed by atoms with van der Waals surface area (Å²) in [6.45, 7) is 1.84. The van der Waals surface area contributed by atoms with E-state index >= 15 is 0 Å². The quantitative estimate of drug-likeness (QED) is 0.853. The van der Waals surface area contributed by atoms with Crippen LogP contribution in [0.3, 0.4) is 0 Å². The molecule has 0 bridgehead atoms. The molecule has 20 heavy (non-hydrogen) atoms. The van der Waals surface area contributed by atoms with Crippen LogP contribution in [-0.4, -0.2) is 24.2 Å². The van der Waals surface area contributed by atoms with Crippen LogP contribution in [0, 0.1) is 0 Å². The van der Waals surface area contributed by atoms with Gasteiger partial charge in [0.2, 0.25) is 0 Å². The monoisotopic (exact) mass is 333 g/mol. The van der Waals surface area contributed by atoms with Crippen LogP contribution in [0.4, 0.5) is 0 Å². The van der Waals surface area contributed by atoms with Gasteiger partial charge in [-0.25, -0.2) is 9.67 Å². The second-order valence-electron chi connectivity index (χ2n) is 4.88. The highest BCUT2D eigenvalue weighted by atomic mass is 35.5. The molecular formula is C13H14Cl3N3O. The normalized spacial score (nSPS) is 15.1. The Morgan fingerprint density at radius 1 is 1.25 bits per heavy atom. The first-order valence-electron chi connectivity index (χ1n) is 5.97. The van der Waals surface area contributed by atoms with Gasteiger partial charge in [-0.05, 0) is 24.6 Å². The lowest BCUT2D eigenvalue weighted by atomic mass is 9.89. The number of alkyl halides is 2. The van der Waals surface area contributed by atoms with Gasteiger partial charge in [0.1, 0.15) is 22.6 Å². The first kappa shape index (κ1) is 15.6. The van der Waals surface area contributed by atoms with E-state index < -0.39 is 9.93 Å². The van der Waals surface area contributed by atoms with Crippen molar-refractivity contribution in [2.24, 2.45) is 0 Å². The van der Waals surface area contributed by atoms with Gasteiger partial charge in [-0.1, -0.05) is 23.7 Å². The molecule has 1 aromatic heterocycles. The fourth-order valence-electron chi connectivity index (χ4n) is 2.11. The van der Waals surface area contributed by atoms with Gasteiger partial charge in [0.15, 0.2) is 0 Å². The van der Waals surface area contributed by atoms with Gasteiger partial charge >= 0.3 is 0 Å². The molecular weight excluding hydrogens is 321 g/mol. The highest BCUT2D eigenvalue weighted by Gasteiger charge is 2.37. The van der Waals surface area contributed by atoms with E-state index in [0.29, 0.717) is 10.6 Å². The molecule has 0 radical (unpaired) electrons. The van der Waals surface area contributed by atoms with E-state index in [-0.39, 0.29) is 13.0 Å². The van der Waals surface area contributed by atoms with Gasteiger partial charge in [0.05, 0.1) is 6.54 Å². The van der Waals surface area contributed by atoms with E-state index in [1.165, 1.54) is 17.3 Å². The Morgan fingerprint density at radius 3 is 2.40 bits per heavy atom. The molecule has 0 fully saturated rings. The Balaban J connectivity index is 2.34. The summed E-state index contributed by atoms with van der Waals surface area (Å²) in [5.41, 5.74) is -0.596. The smallest absolute Gasteiger partial charge is 0.137 e. The topological polar surface area (TPSA) is 50.9 Å². The van der Waals surface area contributed by atoms with Crippen molar-refractivity contribution in [2.45, 2.75) is 29.8 Å². The van der Waals surface area contributed by atoms with Crippen LogP contribution in [0.5, 0.6) is 0 Å². The van der Waals surface area contributed by atoms with Crippen molar-refractivity contribution in [1.82, 2.24) is 14.8 Å². The second kappa shape index (κ2) is 5.90. The lowest BCUT2D eigenvalue weighted by Gasteiger charge is -2.32. The molecule has 4 nitrogen and oxygen atoms in total. The first-order valence-corrected chi connectivity index (χ1v) is 7.11. The minimum atomic E-state index is -1.27. The summed E-state index contributed by atoms with van der Waals surface area (Å²) in [4.78, 5) is 3.86. The van der Waals surface area contributed by atoms with Crippen LogP contribution in [0.1, 0.15) is 18.9 Å². The molecule has 0 spiro atoms. The van der Waals surface area contributed by atoms with Crippen LogP contribution in [0.15, 0.2) is 36.9 Å². The largest absolute Gasteiger partial charge is 0.383 e. The predicted molar refractivity (Wildman–Crippen MR) is 80.1 cm³/mol. The molecule has 2 aromatic rings. The molecule has 1 N–H and O–H groups in total. The summed E-state index contributed by atoms with van der Waals surface area (Å²) in [6.07, 6.45) is 3.08. The lowest BCUT2D eigenvalue weighted by Crippen LogP contribution is -2.36. The molecule has 7 heteroatoms. The van der Waals surface area contributed by atoms with E-state index in [1.807, 2.05) is 0 Å². The number of hydrogen-bond donors (Lipinski definition) is 1. The maximum absolute atomic E-state index is 11.0. The second-order valence-corrected chi connectivity index (χ2v) is 7.18. The van der Waals surface area contributed by atoms with Crippen LogP contribution in [-0.2, 0) is 12.1 Å². The van der Waals surface area contributed by atoms with Crippen molar-refractivity contribution < 1.29 is 5.11 Å². The zero-order valence-corrected chi connectivity index (χ0v) is 13.1. The Labute approximate surface area is 132 Å². The highest BCUT2D eigenvalue weighted by Crippen LogP contribution is 2.38. The van der Waals surface area contributed by atoms with E-state index in [1.54, 1.807) is 31.2 Å². The van der Waals surface area contributed by atoms with Crippen LogP contribution >= 0.6 is 34.8 Å². The lowest BCUT2D eigenvalue weighted by molar-refractivity contribution is 0.00358. The number of aromatic nitrogens is 3. The van der Waals surface area contributed by atoms with Crippen molar-refractivity contribution in [3.63, 3.8) is 0 Å². The number of benzene rings is 1. The third-order valence-electron chi connectivity index (χ3n) is 2.87. The highest BCUT2D eigenvalue weighted by molar-refractivity contribution is 6.48. The van der Waals surface area contributed by atoms with Crippen molar-refractivity contribution in [3.8, 4) is 0 Å². The molecule has 0 amide bonds. The molecule has 0 saturated carbocycles. The molecule has 1 atom stereocenters. The minimum Gasteiger partial charge on any atom is -0.383 e. The summed E-state index contributed by atoms with van der Waals surface area (Å²) < 4.78 is 0.461. The minimum absolute atomic E-state index is 0.143. The Bertz CT molecular complexity index is 551. The fourth-order valence-corrected chi connectivity index (χ4v) is 2.67. The molecule has 0 aliphatic heterocycles. The summed E-state index contributed by atoms with van der Waals surface area (Å²) in [5.74, 6) is 0. The number of nitrogens with zero attached hydrogens (tertiary/aromatic N) is 3. The van der Waals surface area contributed by atoms with Gasteiger partial charge < -0.3 is 5.11 Å². The van der Waals surface area contributed by atoms with E-state index in [0.717, 1.165) is 0 Å².